The first-order valence-corrected chi connectivity index (χ1v) is 9.65. The molecule has 1 fully saturated rings. The van der Waals surface area contributed by atoms with Gasteiger partial charge < -0.3 is 0 Å². The second-order valence-corrected chi connectivity index (χ2v) is 8.32. The molecule has 0 bridgehead atoms. The monoisotopic (exact) mass is 336 g/mol. The molecule has 2 amide bonds. The first-order chi connectivity index (χ1) is 10.9. The minimum absolute atomic E-state index is 0.107. The van der Waals surface area contributed by atoms with Gasteiger partial charge in [-0.3, -0.25) is 19.4 Å². The summed E-state index contributed by atoms with van der Waals surface area (Å²) in [5, 5.41) is 0. The highest BCUT2D eigenvalue weighted by Gasteiger charge is 2.39. The van der Waals surface area contributed by atoms with Crippen molar-refractivity contribution < 1.29 is 18.0 Å². The molecule has 2 heterocycles. The van der Waals surface area contributed by atoms with Crippen LogP contribution in [-0.4, -0.2) is 60.8 Å². The van der Waals surface area contributed by atoms with Crippen molar-refractivity contribution in [3.8, 4) is 0 Å². The second kappa shape index (κ2) is 6.05. The van der Waals surface area contributed by atoms with Crippen LogP contribution in [0.2, 0.25) is 0 Å². The Hall–Kier alpha value is -1.73. The fourth-order valence-electron chi connectivity index (χ4n) is 3.27. The lowest BCUT2D eigenvalue weighted by atomic mass is 10.1. The zero-order valence-corrected chi connectivity index (χ0v) is 13.9. The minimum atomic E-state index is -3.00. The summed E-state index contributed by atoms with van der Waals surface area (Å²) in [5.41, 5.74) is 0.848. The van der Waals surface area contributed by atoms with Crippen LogP contribution in [0.25, 0.3) is 0 Å². The first-order valence-electron chi connectivity index (χ1n) is 7.82. The summed E-state index contributed by atoms with van der Waals surface area (Å²) in [6.07, 6.45) is 1.39. The van der Waals surface area contributed by atoms with E-state index in [2.05, 4.69) is 0 Å². The number of imide groups is 1. The Morgan fingerprint density at radius 1 is 1.17 bits per heavy atom. The summed E-state index contributed by atoms with van der Waals surface area (Å²) in [4.78, 5) is 28.1. The molecule has 0 saturated carbocycles. The van der Waals surface area contributed by atoms with Gasteiger partial charge in [-0.2, -0.15) is 0 Å². The summed E-state index contributed by atoms with van der Waals surface area (Å²) in [6, 6.07) is 6.66. The summed E-state index contributed by atoms with van der Waals surface area (Å²) in [5.74, 6) is -0.309. The van der Waals surface area contributed by atoms with Crippen LogP contribution in [0.1, 0.15) is 40.5 Å². The molecular weight excluding hydrogens is 316 g/mol. The standard InChI is InChI=1S/C16H20N2O4S/c1-2-8-17(12-7-9-23(21,22)10-12)11-18-15(19)13-5-3-4-6-14(13)16(18)20/h3-6,12H,2,7-11H2,1H3/t12-/m0/s1. The van der Waals surface area contributed by atoms with Gasteiger partial charge in [-0.15, -0.1) is 0 Å². The molecule has 0 aliphatic carbocycles. The molecule has 0 radical (unpaired) electrons. The fourth-order valence-corrected chi connectivity index (χ4v) is 5.03. The number of sulfone groups is 1. The van der Waals surface area contributed by atoms with Gasteiger partial charge in [-0.25, -0.2) is 8.42 Å². The van der Waals surface area contributed by atoms with Crippen molar-refractivity contribution >= 4 is 21.7 Å². The van der Waals surface area contributed by atoms with E-state index in [1.807, 2.05) is 11.8 Å². The Kier molecular flexibility index (Phi) is 4.25. The number of amides is 2. The van der Waals surface area contributed by atoms with Gasteiger partial charge in [-0.1, -0.05) is 19.1 Å². The number of hydrogen-bond acceptors (Lipinski definition) is 5. The van der Waals surface area contributed by atoms with E-state index in [4.69, 9.17) is 0 Å². The molecule has 124 valence electrons. The number of fused-ring (bicyclic) bond motifs is 1. The molecule has 0 unspecified atom stereocenters. The highest BCUT2D eigenvalue weighted by molar-refractivity contribution is 7.91. The highest BCUT2D eigenvalue weighted by atomic mass is 32.2. The number of carbonyl (C=O) groups excluding carboxylic acids is 2. The van der Waals surface area contributed by atoms with E-state index >= 15 is 0 Å². The van der Waals surface area contributed by atoms with Crippen LogP contribution in [0, 0.1) is 0 Å². The average Bonchev–Trinajstić information content (AvgIpc) is 3.00. The van der Waals surface area contributed by atoms with Crippen LogP contribution in [0.3, 0.4) is 0 Å². The van der Waals surface area contributed by atoms with Crippen LogP contribution < -0.4 is 0 Å². The first kappa shape index (κ1) is 16.1. The lowest BCUT2D eigenvalue weighted by Crippen LogP contribution is -2.46. The summed E-state index contributed by atoms with van der Waals surface area (Å²) in [7, 11) is -3.00. The predicted molar refractivity (Wildman–Crippen MR) is 85.9 cm³/mol. The van der Waals surface area contributed by atoms with E-state index in [1.165, 1.54) is 4.90 Å². The van der Waals surface area contributed by atoms with Gasteiger partial charge in [-0.05, 0) is 31.5 Å². The Labute approximate surface area is 136 Å². The lowest BCUT2D eigenvalue weighted by molar-refractivity contribution is 0.0497. The van der Waals surface area contributed by atoms with Crippen molar-refractivity contribution in [3.05, 3.63) is 35.4 Å². The Bertz CT molecular complexity index is 709. The number of hydrogen-bond donors (Lipinski definition) is 0. The van der Waals surface area contributed by atoms with Gasteiger partial charge in [0.2, 0.25) is 0 Å². The third-order valence-electron chi connectivity index (χ3n) is 4.44. The molecule has 23 heavy (non-hydrogen) atoms. The normalized spacial score (nSPS) is 22.9. The van der Waals surface area contributed by atoms with E-state index in [0.29, 0.717) is 24.1 Å². The average molecular weight is 336 g/mol. The van der Waals surface area contributed by atoms with Gasteiger partial charge in [0.05, 0.1) is 29.3 Å². The van der Waals surface area contributed by atoms with Gasteiger partial charge >= 0.3 is 0 Å². The third kappa shape index (κ3) is 3.03. The minimum Gasteiger partial charge on any atom is -0.282 e. The van der Waals surface area contributed by atoms with Crippen LogP contribution in [0.4, 0.5) is 0 Å². The van der Waals surface area contributed by atoms with Crippen LogP contribution in [0.15, 0.2) is 24.3 Å². The van der Waals surface area contributed by atoms with Gasteiger partial charge in [0.15, 0.2) is 9.84 Å². The van der Waals surface area contributed by atoms with Crippen LogP contribution >= 0.6 is 0 Å². The molecular formula is C16H20N2O4S. The SMILES string of the molecule is CCCN(CN1C(=O)c2ccccc2C1=O)[C@H]1CCS(=O)(=O)C1. The quantitative estimate of drug-likeness (QED) is 0.754. The third-order valence-corrected chi connectivity index (χ3v) is 6.19. The molecule has 3 rings (SSSR count). The van der Waals surface area contributed by atoms with Gasteiger partial charge in [0.1, 0.15) is 0 Å². The molecule has 2 aliphatic heterocycles. The summed E-state index contributed by atoms with van der Waals surface area (Å²) in [6.45, 7) is 2.81. The van der Waals surface area contributed by atoms with E-state index in [9.17, 15) is 18.0 Å². The van der Waals surface area contributed by atoms with Crippen molar-refractivity contribution in [2.45, 2.75) is 25.8 Å². The lowest BCUT2D eigenvalue weighted by Gasteiger charge is -2.30. The zero-order chi connectivity index (χ0) is 16.6. The molecule has 6 nitrogen and oxygen atoms in total. The Morgan fingerprint density at radius 2 is 1.78 bits per heavy atom. The number of rotatable bonds is 5. The maximum absolute atomic E-state index is 12.4. The van der Waals surface area contributed by atoms with Crippen molar-refractivity contribution in [2.75, 3.05) is 24.7 Å². The van der Waals surface area contributed by atoms with Crippen molar-refractivity contribution in [1.29, 1.82) is 0 Å². The van der Waals surface area contributed by atoms with Crippen molar-refractivity contribution in [1.82, 2.24) is 9.80 Å². The number of carbonyl (C=O) groups is 2. The number of nitrogens with zero attached hydrogens (tertiary/aromatic N) is 2. The van der Waals surface area contributed by atoms with Crippen molar-refractivity contribution in [2.24, 2.45) is 0 Å². The predicted octanol–water partition coefficient (Wildman–Crippen LogP) is 1.14. The maximum atomic E-state index is 12.4. The fraction of sp³-hybridized carbons (Fsp3) is 0.500. The summed E-state index contributed by atoms with van der Waals surface area (Å²) >= 11 is 0. The largest absolute Gasteiger partial charge is 0.282 e. The topological polar surface area (TPSA) is 74.8 Å². The maximum Gasteiger partial charge on any atom is 0.262 e. The molecule has 1 aromatic carbocycles. The highest BCUT2D eigenvalue weighted by Crippen LogP contribution is 2.25. The summed E-state index contributed by atoms with van der Waals surface area (Å²) < 4.78 is 23.4. The van der Waals surface area contributed by atoms with Crippen LogP contribution in [0.5, 0.6) is 0 Å². The molecule has 0 aromatic heterocycles. The molecule has 7 heteroatoms. The van der Waals surface area contributed by atoms with Crippen molar-refractivity contribution in [3.63, 3.8) is 0 Å². The van der Waals surface area contributed by atoms with E-state index in [1.54, 1.807) is 24.3 Å². The second-order valence-electron chi connectivity index (χ2n) is 6.09. The molecule has 0 spiro atoms. The Balaban J connectivity index is 1.79. The zero-order valence-electron chi connectivity index (χ0n) is 13.1. The van der Waals surface area contributed by atoms with Gasteiger partial charge in [0, 0.05) is 6.04 Å². The number of benzene rings is 1. The molecule has 1 saturated heterocycles. The van der Waals surface area contributed by atoms with E-state index < -0.39 is 9.84 Å². The van der Waals surface area contributed by atoms with Gasteiger partial charge in [0.25, 0.3) is 11.8 Å². The van der Waals surface area contributed by atoms with E-state index in [0.717, 1.165) is 6.42 Å². The smallest absolute Gasteiger partial charge is 0.262 e. The molecule has 1 atom stereocenters. The van der Waals surface area contributed by atoms with Crippen LogP contribution in [-0.2, 0) is 9.84 Å². The molecule has 2 aliphatic rings. The Morgan fingerprint density at radius 3 is 2.26 bits per heavy atom. The molecule has 1 aromatic rings. The molecule has 0 N–H and O–H groups in total. The van der Waals surface area contributed by atoms with E-state index in [-0.39, 0.29) is 36.0 Å².